The average Bonchev–Trinajstić information content (AvgIpc) is 3.95. The number of hydrogen-bond acceptors (Lipinski definition) is 1. The van der Waals surface area contributed by atoms with Gasteiger partial charge in [0.05, 0.1) is 27.6 Å². The van der Waals surface area contributed by atoms with Crippen molar-refractivity contribution >= 4 is 55.3 Å². The van der Waals surface area contributed by atoms with E-state index < -0.39 is 5.54 Å². The molecule has 0 amide bonds. The van der Waals surface area contributed by atoms with Crippen LogP contribution >= 0.6 is 0 Å². The lowest BCUT2D eigenvalue weighted by Gasteiger charge is -2.23. The second kappa shape index (κ2) is 15.5. The number of rotatable bonds is 6. The molecule has 0 saturated heterocycles. The lowest BCUT2D eigenvalue weighted by Crippen LogP contribution is -2.21. The Balaban J connectivity index is 1.15. The molecular formula is C63H50N4. The van der Waals surface area contributed by atoms with Crippen molar-refractivity contribution in [1.82, 2.24) is 9.13 Å². The molecule has 0 radical (unpaired) electrons. The molecule has 9 aromatic carbocycles. The summed E-state index contributed by atoms with van der Waals surface area (Å²) in [5.41, 5.74) is 17.9. The van der Waals surface area contributed by atoms with Gasteiger partial charge in [0.15, 0.2) is 0 Å². The molecular weight excluding hydrogens is 813 g/mol. The third-order valence-corrected chi connectivity index (χ3v) is 14.2. The van der Waals surface area contributed by atoms with Gasteiger partial charge in [-0.25, -0.2) is 9.98 Å². The SMILES string of the molecule is C/C(=N\C(=N/C(C)(C)c1ccccc1)n1c2ccc(-n3c4ccc(-c5ccccc5)cc4c4cc(-c5ccccc5)ccc43)cc2c2cc3c(cc21)C(C)(C)c1ccccc1-3)c1ccccc1. The van der Waals surface area contributed by atoms with Gasteiger partial charge in [0.2, 0.25) is 5.96 Å². The maximum absolute atomic E-state index is 5.66. The van der Waals surface area contributed by atoms with E-state index in [4.69, 9.17) is 9.98 Å². The van der Waals surface area contributed by atoms with Crippen molar-refractivity contribution in [1.29, 1.82) is 0 Å². The molecule has 2 heterocycles. The van der Waals surface area contributed by atoms with Gasteiger partial charge >= 0.3 is 0 Å². The summed E-state index contributed by atoms with van der Waals surface area (Å²) in [6, 6.07) is 77.1. The summed E-state index contributed by atoms with van der Waals surface area (Å²) in [5.74, 6) is 0.648. The molecule has 0 bridgehead atoms. The van der Waals surface area contributed by atoms with E-state index in [1.165, 1.54) is 60.7 Å². The minimum atomic E-state index is -0.591. The number of fused-ring (bicyclic) bond motifs is 9. The van der Waals surface area contributed by atoms with Crippen LogP contribution in [0, 0.1) is 0 Å². The molecule has 0 atom stereocenters. The van der Waals surface area contributed by atoms with Crippen molar-refractivity contribution in [2.75, 3.05) is 0 Å². The van der Waals surface area contributed by atoms with E-state index in [0.717, 1.165) is 50.0 Å². The molecule has 0 unspecified atom stereocenters. The highest BCUT2D eigenvalue weighted by Gasteiger charge is 2.36. The topological polar surface area (TPSA) is 34.6 Å². The lowest BCUT2D eigenvalue weighted by atomic mass is 9.82. The van der Waals surface area contributed by atoms with E-state index in [2.05, 4.69) is 256 Å². The van der Waals surface area contributed by atoms with Crippen LogP contribution in [0.15, 0.2) is 222 Å². The molecule has 0 fully saturated rings. The summed E-state index contributed by atoms with van der Waals surface area (Å²) in [7, 11) is 0. The van der Waals surface area contributed by atoms with E-state index >= 15 is 0 Å². The molecule has 0 N–H and O–H groups in total. The molecule has 1 aliphatic carbocycles. The van der Waals surface area contributed by atoms with Gasteiger partial charge in [-0.15, -0.1) is 0 Å². The predicted molar refractivity (Wildman–Crippen MR) is 283 cm³/mol. The zero-order valence-electron chi connectivity index (χ0n) is 38.5. The molecule has 0 aliphatic heterocycles. The Morgan fingerprint density at radius 3 is 1.60 bits per heavy atom. The fourth-order valence-corrected chi connectivity index (χ4v) is 10.7. The summed E-state index contributed by atoms with van der Waals surface area (Å²) in [4.78, 5) is 11.2. The second-order valence-electron chi connectivity index (χ2n) is 19.1. The molecule has 4 heteroatoms. The molecule has 12 rings (SSSR count). The smallest absolute Gasteiger partial charge is 0.231 e. The van der Waals surface area contributed by atoms with Crippen LogP contribution in [0.5, 0.6) is 0 Å². The highest BCUT2D eigenvalue weighted by Crippen LogP contribution is 2.51. The lowest BCUT2D eigenvalue weighted by molar-refractivity contribution is 0.555. The normalized spacial score (nSPS) is 13.7. The van der Waals surface area contributed by atoms with Crippen molar-refractivity contribution in [3.05, 3.63) is 235 Å². The van der Waals surface area contributed by atoms with Crippen molar-refractivity contribution in [3.63, 3.8) is 0 Å². The molecule has 11 aromatic rings. The Kier molecular flexibility index (Phi) is 9.37. The van der Waals surface area contributed by atoms with Gasteiger partial charge in [0.25, 0.3) is 0 Å². The Labute approximate surface area is 391 Å². The quantitative estimate of drug-likeness (QED) is 0.118. The molecule has 2 aromatic heterocycles. The number of aliphatic imine (C=N–C) groups is 2. The van der Waals surface area contributed by atoms with Crippen LogP contribution in [0.3, 0.4) is 0 Å². The maximum Gasteiger partial charge on any atom is 0.231 e. The first-order valence-corrected chi connectivity index (χ1v) is 23.3. The monoisotopic (exact) mass is 862 g/mol. The zero-order valence-corrected chi connectivity index (χ0v) is 38.5. The fourth-order valence-electron chi connectivity index (χ4n) is 10.7. The van der Waals surface area contributed by atoms with Gasteiger partial charge in [-0.05, 0) is 131 Å². The van der Waals surface area contributed by atoms with Crippen molar-refractivity contribution in [2.45, 2.75) is 45.6 Å². The second-order valence-corrected chi connectivity index (χ2v) is 19.1. The summed E-state index contributed by atoms with van der Waals surface area (Å²) in [6.07, 6.45) is 0. The molecule has 322 valence electrons. The standard InChI is InChI=1S/C63H50N4/c1-41(42-20-10-6-11-21-42)64-61(65-63(4,5)47-26-16-9-17-27-47)67-59-35-32-48(38-53(59)54-39-50-49-28-18-19-29-55(49)62(2,3)56(50)40-60(54)67)66-57-33-30-45(43-22-12-7-13-23-43)36-51(57)52-37-46(31-34-58(52)66)44-24-14-8-15-25-44/h6-40H,1-5H3/b64-41+,65-61+. The Hall–Kier alpha value is -8.08. The number of hydrogen-bond donors (Lipinski definition) is 0. The van der Waals surface area contributed by atoms with Gasteiger partial charge in [-0.3, -0.25) is 4.57 Å². The number of aromatic nitrogens is 2. The average molecular weight is 863 g/mol. The van der Waals surface area contributed by atoms with Crippen LogP contribution in [0.4, 0.5) is 0 Å². The zero-order chi connectivity index (χ0) is 45.4. The van der Waals surface area contributed by atoms with Crippen LogP contribution in [0.25, 0.3) is 82.7 Å². The van der Waals surface area contributed by atoms with Gasteiger partial charge in [-0.2, -0.15) is 0 Å². The van der Waals surface area contributed by atoms with Crippen molar-refractivity contribution in [2.24, 2.45) is 9.98 Å². The fraction of sp³-hybridized carbons (Fsp3) is 0.111. The van der Waals surface area contributed by atoms with Crippen molar-refractivity contribution in [3.8, 4) is 39.1 Å². The summed E-state index contributed by atoms with van der Waals surface area (Å²) >= 11 is 0. The summed E-state index contributed by atoms with van der Waals surface area (Å²) < 4.78 is 4.78. The summed E-state index contributed by atoms with van der Waals surface area (Å²) in [5, 5.41) is 4.75. The first-order valence-electron chi connectivity index (χ1n) is 23.3. The first kappa shape index (κ1) is 40.4. The van der Waals surface area contributed by atoms with E-state index in [9.17, 15) is 0 Å². The minimum Gasteiger partial charge on any atom is -0.309 e. The van der Waals surface area contributed by atoms with Gasteiger partial charge in [-0.1, -0.05) is 172 Å². The Bertz CT molecular complexity index is 3680. The summed E-state index contributed by atoms with van der Waals surface area (Å²) in [6.45, 7) is 11.2. The van der Waals surface area contributed by atoms with E-state index in [-0.39, 0.29) is 5.41 Å². The number of nitrogens with zero attached hydrogens (tertiary/aromatic N) is 4. The van der Waals surface area contributed by atoms with Crippen LogP contribution in [-0.4, -0.2) is 20.8 Å². The van der Waals surface area contributed by atoms with E-state index in [0.29, 0.717) is 5.96 Å². The van der Waals surface area contributed by atoms with Crippen LogP contribution in [0.1, 0.15) is 56.9 Å². The van der Waals surface area contributed by atoms with Crippen LogP contribution < -0.4 is 0 Å². The first-order chi connectivity index (χ1) is 32.6. The largest absolute Gasteiger partial charge is 0.309 e. The Morgan fingerprint density at radius 2 is 0.970 bits per heavy atom. The van der Waals surface area contributed by atoms with Gasteiger partial charge in [0, 0.05) is 38.4 Å². The highest BCUT2D eigenvalue weighted by molar-refractivity contribution is 6.19. The molecule has 0 spiro atoms. The maximum atomic E-state index is 5.66. The molecule has 1 aliphatic rings. The molecule has 4 nitrogen and oxygen atoms in total. The van der Waals surface area contributed by atoms with Crippen LogP contribution in [0.2, 0.25) is 0 Å². The van der Waals surface area contributed by atoms with Crippen molar-refractivity contribution < 1.29 is 0 Å². The third-order valence-electron chi connectivity index (χ3n) is 14.2. The molecule has 67 heavy (non-hydrogen) atoms. The minimum absolute atomic E-state index is 0.198. The van der Waals surface area contributed by atoms with Gasteiger partial charge in [0.1, 0.15) is 0 Å². The highest BCUT2D eigenvalue weighted by atomic mass is 15.2. The third kappa shape index (κ3) is 6.66. The van der Waals surface area contributed by atoms with Gasteiger partial charge < -0.3 is 4.57 Å². The Morgan fingerprint density at radius 1 is 0.448 bits per heavy atom. The number of benzene rings is 9. The van der Waals surface area contributed by atoms with Crippen LogP contribution in [-0.2, 0) is 11.0 Å². The van der Waals surface area contributed by atoms with E-state index in [1.807, 2.05) is 0 Å². The predicted octanol–water partition coefficient (Wildman–Crippen LogP) is 16.2. The molecule has 0 saturated carbocycles. The van der Waals surface area contributed by atoms with E-state index in [1.54, 1.807) is 0 Å².